The minimum atomic E-state index is -0.385. The van der Waals surface area contributed by atoms with Crippen molar-refractivity contribution in [1.29, 1.82) is 0 Å². The molecule has 2 heterocycles. The molecule has 7 heteroatoms. The Morgan fingerprint density at radius 2 is 2.13 bits per heavy atom. The van der Waals surface area contributed by atoms with Crippen molar-refractivity contribution in [2.24, 2.45) is 5.92 Å². The molecule has 120 valence electrons. The van der Waals surface area contributed by atoms with E-state index in [2.05, 4.69) is 15.5 Å². The number of rotatable bonds is 4. The molecule has 1 N–H and O–H groups in total. The average Bonchev–Trinajstić information content (AvgIpc) is 3.14. The molecule has 0 aliphatic carbocycles. The van der Waals surface area contributed by atoms with E-state index in [0.29, 0.717) is 18.3 Å². The summed E-state index contributed by atoms with van der Waals surface area (Å²) >= 11 is 0. The van der Waals surface area contributed by atoms with Crippen molar-refractivity contribution in [2.75, 3.05) is 11.4 Å². The van der Waals surface area contributed by atoms with Gasteiger partial charge in [-0.15, -0.1) is 0 Å². The van der Waals surface area contributed by atoms with Gasteiger partial charge >= 0.3 is 0 Å². The molecule has 0 bridgehead atoms. The first-order chi connectivity index (χ1) is 11.0. The van der Waals surface area contributed by atoms with Crippen LogP contribution >= 0.6 is 0 Å². The van der Waals surface area contributed by atoms with Crippen LogP contribution in [0.2, 0.25) is 0 Å². The molecule has 7 nitrogen and oxygen atoms in total. The smallest absolute Gasteiger partial charge is 0.248 e. The van der Waals surface area contributed by atoms with Crippen LogP contribution in [-0.4, -0.2) is 28.5 Å². The minimum absolute atomic E-state index is 0.0439. The highest BCUT2D eigenvalue weighted by atomic mass is 16.5. The number of hydrogen-bond donors (Lipinski definition) is 1. The number of aryl methyl sites for hydroxylation is 1. The first kappa shape index (κ1) is 15.2. The Morgan fingerprint density at radius 1 is 1.39 bits per heavy atom. The molecule has 1 saturated heterocycles. The molecule has 2 atom stereocenters. The fraction of sp³-hybridized carbons (Fsp3) is 0.375. The molecular weight excluding hydrogens is 296 g/mol. The van der Waals surface area contributed by atoms with E-state index >= 15 is 0 Å². The zero-order valence-corrected chi connectivity index (χ0v) is 13.0. The van der Waals surface area contributed by atoms with Gasteiger partial charge in [0.1, 0.15) is 6.04 Å². The average molecular weight is 314 g/mol. The van der Waals surface area contributed by atoms with E-state index in [9.17, 15) is 9.59 Å². The molecule has 0 unspecified atom stereocenters. The van der Waals surface area contributed by atoms with Crippen LogP contribution in [0.15, 0.2) is 34.9 Å². The van der Waals surface area contributed by atoms with Crippen molar-refractivity contribution >= 4 is 17.5 Å². The summed E-state index contributed by atoms with van der Waals surface area (Å²) < 4.78 is 5.05. The number of anilines is 1. The molecule has 1 aliphatic heterocycles. The maximum atomic E-state index is 12.4. The third-order valence-electron chi connectivity index (χ3n) is 3.84. The van der Waals surface area contributed by atoms with Crippen molar-refractivity contribution in [1.82, 2.24) is 15.5 Å². The Balaban J connectivity index is 1.64. The van der Waals surface area contributed by atoms with Crippen LogP contribution in [-0.2, 0) is 9.59 Å². The lowest BCUT2D eigenvalue weighted by molar-refractivity contribution is -0.127. The van der Waals surface area contributed by atoms with Crippen molar-refractivity contribution in [3.05, 3.63) is 42.0 Å². The first-order valence-electron chi connectivity index (χ1n) is 7.50. The molecule has 1 fully saturated rings. The molecule has 23 heavy (non-hydrogen) atoms. The summed E-state index contributed by atoms with van der Waals surface area (Å²) in [4.78, 5) is 30.3. The van der Waals surface area contributed by atoms with E-state index < -0.39 is 0 Å². The van der Waals surface area contributed by atoms with Gasteiger partial charge in [0.05, 0.1) is 5.92 Å². The van der Waals surface area contributed by atoms with Crippen LogP contribution in [0, 0.1) is 12.8 Å². The quantitative estimate of drug-likeness (QED) is 0.926. The summed E-state index contributed by atoms with van der Waals surface area (Å²) in [6, 6.07) is 8.97. The highest BCUT2D eigenvalue weighted by Crippen LogP contribution is 2.25. The monoisotopic (exact) mass is 314 g/mol. The van der Waals surface area contributed by atoms with Crippen molar-refractivity contribution in [3.63, 3.8) is 0 Å². The number of nitrogens with one attached hydrogen (secondary N) is 1. The molecule has 0 radical (unpaired) electrons. The maximum Gasteiger partial charge on any atom is 0.248 e. The molecular formula is C16H18N4O3. The lowest BCUT2D eigenvalue weighted by Crippen LogP contribution is -2.34. The number of aromatic nitrogens is 2. The summed E-state index contributed by atoms with van der Waals surface area (Å²) in [5.41, 5.74) is 0.813. The van der Waals surface area contributed by atoms with E-state index in [0.717, 1.165) is 5.69 Å². The van der Waals surface area contributed by atoms with Gasteiger partial charge in [0.2, 0.25) is 17.7 Å². The van der Waals surface area contributed by atoms with Crippen molar-refractivity contribution in [3.8, 4) is 0 Å². The van der Waals surface area contributed by atoms with Crippen LogP contribution in [0.5, 0.6) is 0 Å². The number of benzene rings is 1. The fourth-order valence-electron chi connectivity index (χ4n) is 2.62. The lowest BCUT2D eigenvalue weighted by atomic mass is 10.1. The number of hydrogen-bond acceptors (Lipinski definition) is 5. The van der Waals surface area contributed by atoms with E-state index in [1.165, 1.54) is 0 Å². The molecule has 3 rings (SSSR count). The second kappa shape index (κ2) is 6.20. The second-order valence-electron chi connectivity index (χ2n) is 5.65. The van der Waals surface area contributed by atoms with Gasteiger partial charge in [0.25, 0.3) is 0 Å². The van der Waals surface area contributed by atoms with Gasteiger partial charge in [-0.3, -0.25) is 9.59 Å². The van der Waals surface area contributed by atoms with Crippen LogP contribution in [0.1, 0.15) is 31.1 Å². The van der Waals surface area contributed by atoms with Crippen molar-refractivity contribution in [2.45, 2.75) is 26.3 Å². The van der Waals surface area contributed by atoms with Gasteiger partial charge in [0, 0.05) is 18.7 Å². The molecule has 1 aromatic carbocycles. The lowest BCUT2D eigenvalue weighted by Gasteiger charge is -2.17. The molecule has 1 aromatic heterocycles. The standard InChI is InChI=1S/C16H18N4O3/c1-10(16-18-11(2)19-23-16)17-15(22)12-8-14(21)20(9-12)13-6-4-3-5-7-13/h3-7,10,12H,8-9H2,1-2H3,(H,17,22)/t10-,12+/m1/s1. The Morgan fingerprint density at radius 3 is 2.78 bits per heavy atom. The fourth-order valence-corrected chi connectivity index (χ4v) is 2.62. The van der Waals surface area contributed by atoms with E-state index in [1.54, 1.807) is 18.7 Å². The van der Waals surface area contributed by atoms with Gasteiger partial charge in [-0.05, 0) is 26.0 Å². The predicted molar refractivity (Wildman–Crippen MR) is 82.5 cm³/mol. The Kier molecular flexibility index (Phi) is 4.10. The maximum absolute atomic E-state index is 12.4. The summed E-state index contributed by atoms with van der Waals surface area (Å²) in [6.07, 6.45) is 0.205. The van der Waals surface area contributed by atoms with Gasteiger partial charge in [-0.1, -0.05) is 23.4 Å². The van der Waals surface area contributed by atoms with Gasteiger partial charge in [0.15, 0.2) is 5.82 Å². The highest BCUT2D eigenvalue weighted by Gasteiger charge is 2.35. The first-order valence-corrected chi connectivity index (χ1v) is 7.50. The SMILES string of the molecule is Cc1noc([C@@H](C)NC(=O)[C@H]2CC(=O)N(c3ccccc3)C2)n1. The zero-order valence-electron chi connectivity index (χ0n) is 13.0. The molecule has 1 aliphatic rings. The van der Waals surface area contributed by atoms with Crippen LogP contribution in [0.4, 0.5) is 5.69 Å². The number of para-hydroxylation sites is 1. The topological polar surface area (TPSA) is 88.3 Å². The number of carbonyl (C=O) groups is 2. The Labute approximate surface area is 133 Å². The molecule has 0 saturated carbocycles. The molecule has 2 aromatic rings. The number of carbonyl (C=O) groups excluding carboxylic acids is 2. The predicted octanol–water partition coefficient (Wildman–Crippen LogP) is 1.61. The van der Waals surface area contributed by atoms with Crippen LogP contribution in [0.3, 0.4) is 0 Å². The summed E-state index contributed by atoms with van der Waals surface area (Å²) in [5.74, 6) is 0.277. The second-order valence-corrected chi connectivity index (χ2v) is 5.65. The van der Waals surface area contributed by atoms with Crippen LogP contribution in [0.25, 0.3) is 0 Å². The zero-order chi connectivity index (χ0) is 16.4. The number of amides is 2. The van der Waals surface area contributed by atoms with E-state index in [-0.39, 0.29) is 30.2 Å². The Hall–Kier alpha value is -2.70. The number of nitrogens with zero attached hydrogens (tertiary/aromatic N) is 3. The summed E-state index contributed by atoms with van der Waals surface area (Å²) in [7, 11) is 0. The molecule has 2 amide bonds. The van der Waals surface area contributed by atoms with Crippen LogP contribution < -0.4 is 10.2 Å². The highest BCUT2D eigenvalue weighted by molar-refractivity contribution is 6.00. The normalized spacial score (nSPS) is 19.0. The van der Waals surface area contributed by atoms with Crippen molar-refractivity contribution < 1.29 is 14.1 Å². The summed E-state index contributed by atoms with van der Waals surface area (Å²) in [6.45, 7) is 3.87. The Bertz CT molecular complexity index is 713. The van der Waals surface area contributed by atoms with E-state index in [4.69, 9.17) is 4.52 Å². The van der Waals surface area contributed by atoms with E-state index in [1.807, 2.05) is 30.3 Å². The van der Waals surface area contributed by atoms with Gasteiger partial charge in [-0.25, -0.2) is 0 Å². The summed E-state index contributed by atoms with van der Waals surface area (Å²) in [5, 5.41) is 6.54. The van der Waals surface area contributed by atoms with Gasteiger partial charge < -0.3 is 14.7 Å². The third-order valence-corrected chi connectivity index (χ3v) is 3.84. The molecule has 0 spiro atoms. The third kappa shape index (κ3) is 3.23. The van der Waals surface area contributed by atoms with Gasteiger partial charge in [-0.2, -0.15) is 4.98 Å². The minimum Gasteiger partial charge on any atom is -0.344 e. The largest absolute Gasteiger partial charge is 0.344 e.